The van der Waals surface area contributed by atoms with Crippen molar-refractivity contribution in [2.24, 2.45) is 0 Å². The first-order valence-electron chi connectivity index (χ1n) is 9.45. The number of aryl methyl sites for hydroxylation is 1. The first-order valence-corrected chi connectivity index (χ1v) is 9.83. The fourth-order valence-electron chi connectivity index (χ4n) is 3.17. The normalized spacial score (nSPS) is 12.8. The quantitative estimate of drug-likeness (QED) is 0.481. The zero-order chi connectivity index (χ0) is 23.0. The fourth-order valence-corrected chi connectivity index (χ4v) is 3.44. The standard InChI is InChI=1S/C19H16ClF3N8O/c1-3-30-15(32)5-4-14(29-30)31-18(26-9-27-31)10(2)28-17-12-6-11(19(21,22)23)7-13(20)16(12)24-8-25-17/h4-10H,3H2,1-2H3,(H,24,25,28)/t10-/m0/s1. The second-order valence-corrected chi connectivity index (χ2v) is 7.22. The summed E-state index contributed by atoms with van der Waals surface area (Å²) in [5.41, 5.74) is -0.980. The molecule has 1 atom stereocenters. The van der Waals surface area contributed by atoms with E-state index in [4.69, 9.17) is 11.6 Å². The number of hydrogen-bond acceptors (Lipinski definition) is 7. The first kappa shape index (κ1) is 21.7. The van der Waals surface area contributed by atoms with Gasteiger partial charge in [0.05, 0.1) is 22.1 Å². The molecule has 0 aliphatic heterocycles. The lowest BCUT2D eigenvalue weighted by molar-refractivity contribution is -0.137. The molecule has 0 radical (unpaired) electrons. The summed E-state index contributed by atoms with van der Waals surface area (Å²) in [4.78, 5) is 24.2. The van der Waals surface area contributed by atoms with E-state index >= 15 is 0 Å². The van der Waals surface area contributed by atoms with Crippen LogP contribution in [0.5, 0.6) is 0 Å². The smallest absolute Gasteiger partial charge is 0.360 e. The van der Waals surface area contributed by atoms with Crippen LogP contribution < -0.4 is 10.9 Å². The second-order valence-electron chi connectivity index (χ2n) is 6.82. The zero-order valence-electron chi connectivity index (χ0n) is 16.8. The van der Waals surface area contributed by atoms with Crippen LogP contribution in [0.25, 0.3) is 16.7 Å². The number of aromatic nitrogens is 7. The number of nitrogens with zero attached hydrogens (tertiary/aromatic N) is 7. The number of alkyl halides is 3. The van der Waals surface area contributed by atoms with Gasteiger partial charge in [-0.15, -0.1) is 5.10 Å². The van der Waals surface area contributed by atoms with Gasteiger partial charge in [0.25, 0.3) is 5.56 Å². The van der Waals surface area contributed by atoms with Gasteiger partial charge in [-0.3, -0.25) is 4.79 Å². The van der Waals surface area contributed by atoms with Crippen molar-refractivity contribution >= 4 is 28.3 Å². The van der Waals surface area contributed by atoms with Crippen LogP contribution in [0, 0.1) is 0 Å². The third-order valence-electron chi connectivity index (χ3n) is 4.70. The second kappa shape index (κ2) is 8.19. The average molecular weight is 465 g/mol. The molecule has 4 rings (SSSR count). The molecular weight excluding hydrogens is 449 g/mol. The van der Waals surface area contributed by atoms with Crippen LogP contribution >= 0.6 is 11.6 Å². The highest BCUT2D eigenvalue weighted by Gasteiger charge is 2.32. The fraction of sp³-hybridized carbons (Fsp3) is 0.263. The Bertz CT molecular complexity index is 1350. The Morgan fingerprint density at radius 3 is 2.66 bits per heavy atom. The third kappa shape index (κ3) is 4.00. The summed E-state index contributed by atoms with van der Waals surface area (Å²) in [6.45, 7) is 3.89. The highest BCUT2D eigenvalue weighted by molar-refractivity contribution is 6.35. The molecule has 0 saturated heterocycles. The summed E-state index contributed by atoms with van der Waals surface area (Å²) in [6.07, 6.45) is -2.06. The van der Waals surface area contributed by atoms with Crippen LogP contribution in [0.1, 0.15) is 31.3 Å². The van der Waals surface area contributed by atoms with E-state index in [0.29, 0.717) is 18.2 Å². The Morgan fingerprint density at radius 2 is 1.94 bits per heavy atom. The van der Waals surface area contributed by atoms with Gasteiger partial charge in [-0.2, -0.15) is 23.0 Å². The lowest BCUT2D eigenvalue weighted by Gasteiger charge is -2.17. The van der Waals surface area contributed by atoms with Gasteiger partial charge in [-0.05, 0) is 32.0 Å². The van der Waals surface area contributed by atoms with Crippen molar-refractivity contribution in [1.82, 2.24) is 34.5 Å². The van der Waals surface area contributed by atoms with Crippen molar-refractivity contribution in [3.8, 4) is 5.82 Å². The van der Waals surface area contributed by atoms with Gasteiger partial charge in [-0.1, -0.05) is 11.6 Å². The van der Waals surface area contributed by atoms with Crippen molar-refractivity contribution in [2.75, 3.05) is 5.32 Å². The van der Waals surface area contributed by atoms with Crippen LogP contribution in [0.3, 0.4) is 0 Å². The molecule has 9 nitrogen and oxygen atoms in total. The number of halogens is 4. The molecule has 0 fully saturated rings. The predicted octanol–water partition coefficient (Wildman–Crippen LogP) is 3.63. The number of nitrogens with one attached hydrogen (secondary N) is 1. The number of anilines is 1. The molecule has 32 heavy (non-hydrogen) atoms. The van der Waals surface area contributed by atoms with Crippen LogP contribution in [-0.2, 0) is 12.7 Å². The van der Waals surface area contributed by atoms with Gasteiger partial charge in [0, 0.05) is 18.0 Å². The lowest BCUT2D eigenvalue weighted by Crippen LogP contribution is -2.24. The summed E-state index contributed by atoms with van der Waals surface area (Å²) >= 11 is 6.04. The summed E-state index contributed by atoms with van der Waals surface area (Å²) in [5, 5.41) is 11.4. The van der Waals surface area contributed by atoms with Crippen LogP contribution in [-0.4, -0.2) is 34.5 Å². The van der Waals surface area contributed by atoms with E-state index in [0.717, 1.165) is 12.1 Å². The number of benzene rings is 1. The molecule has 166 valence electrons. The topological polar surface area (TPSA) is 103 Å². The molecule has 3 aromatic heterocycles. The third-order valence-corrected chi connectivity index (χ3v) is 4.99. The predicted molar refractivity (Wildman–Crippen MR) is 111 cm³/mol. The maximum Gasteiger partial charge on any atom is 0.416 e. The van der Waals surface area contributed by atoms with Crippen molar-refractivity contribution in [3.05, 3.63) is 63.7 Å². The van der Waals surface area contributed by atoms with Gasteiger partial charge < -0.3 is 5.32 Å². The summed E-state index contributed by atoms with van der Waals surface area (Å²) < 4.78 is 42.5. The summed E-state index contributed by atoms with van der Waals surface area (Å²) in [5.74, 6) is 0.919. The van der Waals surface area contributed by atoms with E-state index < -0.39 is 17.8 Å². The number of fused-ring (bicyclic) bond motifs is 1. The van der Waals surface area contributed by atoms with Crippen LogP contribution in [0.4, 0.5) is 19.0 Å². The minimum absolute atomic E-state index is 0.114. The minimum Gasteiger partial charge on any atom is -0.360 e. The monoisotopic (exact) mass is 464 g/mol. The number of rotatable bonds is 5. The molecule has 0 aliphatic carbocycles. The van der Waals surface area contributed by atoms with Crippen LogP contribution in [0.2, 0.25) is 5.02 Å². The van der Waals surface area contributed by atoms with Gasteiger partial charge in [0.2, 0.25) is 0 Å². The van der Waals surface area contributed by atoms with Crippen LogP contribution in [0.15, 0.2) is 41.7 Å². The molecule has 3 heterocycles. The molecule has 1 N–H and O–H groups in total. The highest BCUT2D eigenvalue weighted by Crippen LogP contribution is 2.36. The maximum atomic E-state index is 13.3. The molecule has 1 aromatic carbocycles. The van der Waals surface area contributed by atoms with E-state index in [9.17, 15) is 18.0 Å². The van der Waals surface area contributed by atoms with Gasteiger partial charge in [0.15, 0.2) is 11.6 Å². The van der Waals surface area contributed by atoms with Gasteiger partial charge in [0.1, 0.15) is 18.5 Å². The molecule has 0 bridgehead atoms. The lowest BCUT2D eigenvalue weighted by atomic mass is 10.1. The van der Waals surface area contributed by atoms with E-state index in [1.54, 1.807) is 13.8 Å². The molecule has 13 heteroatoms. The van der Waals surface area contributed by atoms with Crippen molar-refractivity contribution in [3.63, 3.8) is 0 Å². The van der Waals surface area contributed by atoms with Gasteiger partial charge in [-0.25, -0.2) is 19.6 Å². The van der Waals surface area contributed by atoms with Crippen molar-refractivity contribution in [2.45, 2.75) is 32.6 Å². The number of hydrogen-bond donors (Lipinski definition) is 1. The van der Waals surface area contributed by atoms with Crippen molar-refractivity contribution < 1.29 is 13.2 Å². The average Bonchev–Trinajstić information content (AvgIpc) is 3.24. The Morgan fingerprint density at radius 1 is 1.16 bits per heavy atom. The van der Waals surface area contributed by atoms with E-state index in [1.807, 2.05) is 0 Å². The van der Waals surface area contributed by atoms with E-state index in [1.165, 1.54) is 34.2 Å². The Hall–Kier alpha value is -3.54. The molecule has 0 unspecified atom stereocenters. The Balaban J connectivity index is 1.73. The van der Waals surface area contributed by atoms with Gasteiger partial charge >= 0.3 is 6.18 Å². The molecule has 0 aliphatic rings. The molecule has 0 amide bonds. The highest BCUT2D eigenvalue weighted by atomic mass is 35.5. The SMILES string of the molecule is CCn1nc(-n2ncnc2[C@H](C)Nc2ncnc3c(Cl)cc(C(F)(F)F)cc23)ccc1=O. The van der Waals surface area contributed by atoms with E-state index in [2.05, 4.69) is 30.5 Å². The maximum absolute atomic E-state index is 13.3. The molecular formula is C19H16ClF3N8O. The largest absolute Gasteiger partial charge is 0.416 e. The summed E-state index contributed by atoms with van der Waals surface area (Å²) in [6, 6.07) is 4.10. The molecule has 4 aromatic rings. The molecule has 0 spiro atoms. The summed E-state index contributed by atoms with van der Waals surface area (Å²) in [7, 11) is 0. The van der Waals surface area contributed by atoms with Crippen molar-refractivity contribution in [1.29, 1.82) is 0 Å². The Kier molecular flexibility index (Phi) is 5.55. The van der Waals surface area contributed by atoms with E-state index in [-0.39, 0.29) is 27.3 Å². The first-order chi connectivity index (χ1) is 15.2. The Labute approximate surface area is 183 Å². The zero-order valence-corrected chi connectivity index (χ0v) is 17.6. The molecule has 0 saturated carbocycles. The minimum atomic E-state index is -4.58.